The van der Waals surface area contributed by atoms with Crippen molar-refractivity contribution in [2.45, 2.75) is 25.3 Å². The Hall–Kier alpha value is -3.14. The van der Waals surface area contributed by atoms with Crippen LogP contribution in [0.4, 0.5) is 11.4 Å². The number of nitro groups is 1. The van der Waals surface area contributed by atoms with Crippen molar-refractivity contribution < 1.29 is 4.92 Å². The number of nitro benzene ring substituents is 1. The Balaban J connectivity index is 1.80. The molecule has 1 N–H and O–H groups in total. The second-order valence-corrected chi connectivity index (χ2v) is 7.24. The highest BCUT2D eigenvalue weighted by Gasteiger charge is 2.40. The van der Waals surface area contributed by atoms with Gasteiger partial charge in [-0.1, -0.05) is 62.4 Å². The lowest BCUT2D eigenvalue weighted by molar-refractivity contribution is -0.384. The first-order chi connectivity index (χ1) is 12.5. The van der Waals surface area contributed by atoms with E-state index in [0.29, 0.717) is 5.56 Å². The first-order valence-electron chi connectivity index (χ1n) is 8.68. The zero-order chi connectivity index (χ0) is 18.3. The molecule has 130 valence electrons. The summed E-state index contributed by atoms with van der Waals surface area (Å²) in [5.74, 6) is 0. The fourth-order valence-electron chi connectivity index (χ4n) is 3.88. The van der Waals surface area contributed by atoms with Crippen LogP contribution < -0.4 is 5.32 Å². The van der Waals surface area contributed by atoms with Crippen molar-refractivity contribution in [2.75, 3.05) is 5.32 Å². The fraction of sp³-hybridized carbons (Fsp3) is 0.182. The highest BCUT2D eigenvalue weighted by Crippen LogP contribution is 2.49. The van der Waals surface area contributed by atoms with Crippen LogP contribution in [0, 0.1) is 10.1 Å². The third kappa shape index (κ3) is 2.54. The summed E-state index contributed by atoms with van der Waals surface area (Å²) in [6, 6.07) is 23.5. The predicted octanol–water partition coefficient (Wildman–Crippen LogP) is 5.71. The Morgan fingerprint density at radius 2 is 1.65 bits per heavy atom. The third-order valence-electron chi connectivity index (χ3n) is 5.28. The van der Waals surface area contributed by atoms with E-state index in [1.54, 1.807) is 12.1 Å². The van der Waals surface area contributed by atoms with Gasteiger partial charge in [0, 0.05) is 17.2 Å². The summed E-state index contributed by atoms with van der Waals surface area (Å²) in [6.07, 6.45) is 0. The lowest BCUT2D eigenvalue weighted by Gasteiger charge is -2.28. The Kier molecular flexibility index (Phi) is 3.76. The Bertz CT molecular complexity index is 980. The van der Waals surface area contributed by atoms with Gasteiger partial charge in [-0.05, 0) is 34.9 Å². The van der Waals surface area contributed by atoms with Crippen molar-refractivity contribution in [2.24, 2.45) is 0 Å². The molecule has 0 aliphatic carbocycles. The highest BCUT2D eigenvalue weighted by molar-refractivity contribution is 5.78. The smallest absolute Gasteiger partial charge is 0.277 e. The lowest BCUT2D eigenvalue weighted by atomic mass is 9.77. The number of hydrogen-bond donors (Lipinski definition) is 1. The summed E-state index contributed by atoms with van der Waals surface area (Å²) in [7, 11) is 0. The average molecular weight is 344 g/mol. The van der Waals surface area contributed by atoms with Gasteiger partial charge in [-0.2, -0.15) is 0 Å². The Morgan fingerprint density at radius 1 is 0.962 bits per heavy atom. The zero-order valence-corrected chi connectivity index (χ0v) is 14.8. The second kappa shape index (κ2) is 5.99. The lowest BCUT2D eigenvalue weighted by Crippen LogP contribution is -2.25. The van der Waals surface area contributed by atoms with Gasteiger partial charge in [0.05, 0.1) is 16.5 Å². The fourth-order valence-corrected chi connectivity index (χ4v) is 3.88. The van der Waals surface area contributed by atoms with Gasteiger partial charge >= 0.3 is 0 Å². The van der Waals surface area contributed by atoms with Gasteiger partial charge in [0.1, 0.15) is 0 Å². The SMILES string of the molecule is CC1(C)c2cc(-c3ccccc3[N+](=O)[O-])ccc2NC1c1ccccc1. The van der Waals surface area contributed by atoms with Gasteiger partial charge < -0.3 is 5.32 Å². The summed E-state index contributed by atoms with van der Waals surface area (Å²) in [5, 5.41) is 15.0. The van der Waals surface area contributed by atoms with E-state index in [1.807, 2.05) is 30.3 Å². The van der Waals surface area contributed by atoms with Crippen molar-refractivity contribution in [3.05, 3.63) is 94.0 Å². The predicted molar refractivity (Wildman–Crippen MR) is 104 cm³/mol. The molecule has 1 heterocycles. The molecule has 1 aliphatic heterocycles. The number of anilines is 1. The van der Waals surface area contributed by atoms with Gasteiger partial charge in [0.15, 0.2) is 0 Å². The topological polar surface area (TPSA) is 55.2 Å². The van der Waals surface area contributed by atoms with Crippen LogP contribution in [-0.2, 0) is 5.41 Å². The maximum absolute atomic E-state index is 11.4. The van der Waals surface area contributed by atoms with Crippen LogP contribution in [0.5, 0.6) is 0 Å². The molecule has 3 aromatic carbocycles. The molecule has 4 heteroatoms. The quantitative estimate of drug-likeness (QED) is 0.489. The van der Waals surface area contributed by atoms with E-state index in [-0.39, 0.29) is 22.1 Å². The van der Waals surface area contributed by atoms with E-state index in [2.05, 4.69) is 49.5 Å². The maximum Gasteiger partial charge on any atom is 0.277 e. The van der Waals surface area contributed by atoms with Crippen molar-refractivity contribution in [1.29, 1.82) is 0 Å². The number of nitrogens with one attached hydrogen (secondary N) is 1. The van der Waals surface area contributed by atoms with Crippen LogP contribution in [-0.4, -0.2) is 4.92 Å². The summed E-state index contributed by atoms with van der Waals surface area (Å²) < 4.78 is 0. The van der Waals surface area contributed by atoms with Gasteiger partial charge in [-0.3, -0.25) is 10.1 Å². The minimum absolute atomic E-state index is 0.129. The molecule has 0 amide bonds. The number of nitrogens with zero attached hydrogens (tertiary/aromatic N) is 1. The molecular formula is C22H20N2O2. The Labute approximate surface area is 152 Å². The van der Waals surface area contributed by atoms with E-state index in [1.165, 1.54) is 11.1 Å². The molecule has 1 aliphatic rings. The monoisotopic (exact) mass is 344 g/mol. The van der Waals surface area contributed by atoms with Gasteiger partial charge in [-0.25, -0.2) is 0 Å². The number of hydrogen-bond acceptors (Lipinski definition) is 3. The van der Waals surface area contributed by atoms with Crippen LogP contribution in [0.1, 0.15) is 31.0 Å². The molecule has 1 atom stereocenters. The van der Waals surface area contributed by atoms with E-state index in [0.717, 1.165) is 11.3 Å². The van der Waals surface area contributed by atoms with Crippen LogP contribution in [0.25, 0.3) is 11.1 Å². The number of para-hydroxylation sites is 1. The van der Waals surface area contributed by atoms with Crippen LogP contribution >= 0.6 is 0 Å². The van der Waals surface area contributed by atoms with Crippen LogP contribution in [0.2, 0.25) is 0 Å². The van der Waals surface area contributed by atoms with Gasteiger partial charge in [-0.15, -0.1) is 0 Å². The van der Waals surface area contributed by atoms with E-state index >= 15 is 0 Å². The van der Waals surface area contributed by atoms with Crippen molar-refractivity contribution in [3.63, 3.8) is 0 Å². The minimum atomic E-state index is -0.321. The van der Waals surface area contributed by atoms with Crippen molar-refractivity contribution >= 4 is 11.4 Å². The third-order valence-corrected chi connectivity index (χ3v) is 5.28. The van der Waals surface area contributed by atoms with Crippen molar-refractivity contribution in [3.8, 4) is 11.1 Å². The molecule has 0 bridgehead atoms. The molecule has 0 aromatic heterocycles. The largest absolute Gasteiger partial charge is 0.377 e. The van der Waals surface area contributed by atoms with Crippen LogP contribution in [0.15, 0.2) is 72.8 Å². The minimum Gasteiger partial charge on any atom is -0.377 e. The molecule has 4 rings (SSSR count). The molecule has 0 radical (unpaired) electrons. The van der Waals surface area contributed by atoms with E-state index in [9.17, 15) is 10.1 Å². The molecule has 1 unspecified atom stereocenters. The summed E-state index contributed by atoms with van der Waals surface area (Å²) in [6.45, 7) is 4.43. The molecule has 26 heavy (non-hydrogen) atoms. The van der Waals surface area contributed by atoms with E-state index < -0.39 is 0 Å². The number of benzene rings is 3. The zero-order valence-electron chi connectivity index (χ0n) is 14.8. The standard InChI is InChI=1S/C22H20N2O2/c1-22(2)18-14-16(17-10-6-7-11-20(17)24(25)26)12-13-19(18)23-21(22)15-8-4-3-5-9-15/h3-14,21,23H,1-2H3. The number of rotatable bonds is 3. The summed E-state index contributed by atoms with van der Waals surface area (Å²) in [4.78, 5) is 11.1. The maximum atomic E-state index is 11.4. The molecule has 0 fully saturated rings. The molecular weight excluding hydrogens is 324 g/mol. The molecule has 0 saturated heterocycles. The Morgan fingerprint density at radius 3 is 2.38 bits per heavy atom. The van der Waals surface area contributed by atoms with Gasteiger partial charge in [0.2, 0.25) is 0 Å². The van der Waals surface area contributed by atoms with Crippen molar-refractivity contribution in [1.82, 2.24) is 0 Å². The van der Waals surface area contributed by atoms with E-state index in [4.69, 9.17) is 0 Å². The summed E-state index contributed by atoms with van der Waals surface area (Å²) >= 11 is 0. The normalized spacial score (nSPS) is 17.4. The summed E-state index contributed by atoms with van der Waals surface area (Å²) in [5.41, 5.74) is 5.04. The van der Waals surface area contributed by atoms with Gasteiger partial charge in [0.25, 0.3) is 5.69 Å². The van der Waals surface area contributed by atoms with Crippen LogP contribution in [0.3, 0.4) is 0 Å². The second-order valence-electron chi connectivity index (χ2n) is 7.24. The molecule has 0 saturated carbocycles. The molecule has 4 nitrogen and oxygen atoms in total. The number of fused-ring (bicyclic) bond motifs is 1. The molecule has 3 aromatic rings. The average Bonchev–Trinajstić information content (AvgIpc) is 2.93. The first-order valence-corrected chi connectivity index (χ1v) is 8.68. The highest BCUT2D eigenvalue weighted by atomic mass is 16.6. The molecule has 0 spiro atoms. The first kappa shape index (κ1) is 16.3.